The third-order valence-electron chi connectivity index (χ3n) is 5.42. The first-order valence-electron chi connectivity index (χ1n) is 10.3. The Bertz CT molecular complexity index is 1300. The van der Waals surface area contributed by atoms with Crippen LogP contribution in [-0.4, -0.2) is 38.0 Å². The number of aromatic nitrogens is 1. The van der Waals surface area contributed by atoms with E-state index in [9.17, 15) is 4.79 Å². The highest BCUT2D eigenvalue weighted by Crippen LogP contribution is 2.38. The van der Waals surface area contributed by atoms with Gasteiger partial charge >= 0.3 is 0 Å². The van der Waals surface area contributed by atoms with Gasteiger partial charge in [-0.2, -0.15) is 5.10 Å². The molecule has 4 aromatic rings. The Morgan fingerprint density at radius 1 is 0.938 bits per heavy atom. The minimum atomic E-state index is -0.385. The molecule has 164 valence electrons. The van der Waals surface area contributed by atoms with E-state index in [-0.39, 0.29) is 5.91 Å². The van der Waals surface area contributed by atoms with Gasteiger partial charge in [0.05, 0.1) is 27.5 Å². The summed E-state index contributed by atoms with van der Waals surface area (Å²) >= 11 is 0. The number of methoxy groups -OCH3 is 3. The van der Waals surface area contributed by atoms with Gasteiger partial charge in [-0.1, -0.05) is 24.3 Å². The molecule has 1 N–H and O–H groups in total. The summed E-state index contributed by atoms with van der Waals surface area (Å²) in [4.78, 5) is 12.6. The quantitative estimate of drug-likeness (QED) is 0.343. The zero-order chi connectivity index (χ0) is 22.7. The number of carbonyl (C=O) groups is 1. The molecule has 0 aliphatic heterocycles. The predicted octanol–water partition coefficient (Wildman–Crippen LogP) is 4.60. The van der Waals surface area contributed by atoms with E-state index in [1.807, 2.05) is 12.1 Å². The molecular formula is C25H25N3O4. The molecule has 0 saturated carbocycles. The number of benzene rings is 3. The van der Waals surface area contributed by atoms with Crippen LogP contribution in [0.4, 0.5) is 0 Å². The fourth-order valence-corrected chi connectivity index (χ4v) is 3.93. The van der Waals surface area contributed by atoms with Crippen LogP contribution in [0, 0.1) is 0 Å². The number of rotatable bonds is 7. The molecular weight excluding hydrogens is 406 g/mol. The Labute approximate surface area is 186 Å². The average molecular weight is 431 g/mol. The first-order chi connectivity index (χ1) is 15.6. The number of para-hydroxylation sites is 1. The highest BCUT2D eigenvalue weighted by molar-refractivity contribution is 6.09. The third kappa shape index (κ3) is 3.73. The maximum Gasteiger partial charge on any atom is 0.271 e. The second-order valence-corrected chi connectivity index (χ2v) is 7.15. The summed E-state index contributed by atoms with van der Waals surface area (Å²) in [6, 6.07) is 17.7. The molecule has 3 aromatic carbocycles. The summed E-state index contributed by atoms with van der Waals surface area (Å²) in [5.41, 5.74) is 6.18. The summed E-state index contributed by atoms with van der Waals surface area (Å²) in [6.07, 6.45) is 1.63. The standard InChI is InChI=1S/C25H25N3O4/c1-5-28-20-9-7-6-8-18(20)19-12-16(10-11-21(19)28)15-26-27-25(29)17-13-22(30-2)24(32-4)23(14-17)31-3/h6-15H,5H2,1-4H3,(H,27,29)/b26-15+. The van der Waals surface area contributed by atoms with Crippen LogP contribution < -0.4 is 19.6 Å². The van der Waals surface area contributed by atoms with Crippen LogP contribution in [0.5, 0.6) is 17.2 Å². The molecule has 0 aliphatic rings. The number of nitrogens with zero attached hydrogens (tertiary/aromatic N) is 2. The van der Waals surface area contributed by atoms with Crippen LogP contribution in [0.25, 0.3) is 21.8 Å². The predicted molar refractivity (Wildman–Crippen MR) is 126 cm³/mol. The van der Waals surface area contributed by atoms with Crippen LogP contribution in [0.3, 0.4) is 0 Å². The maximum atomic E-state index is 12.6. The maximum absolute atomic E-state index is 12.6. The van der Waals surface area contributed by atoms with Gasteiger partial charge < -0.3 is 18.8 Å². The van der Waals surface area contributed by atoms with Gasteiger partial charge in [0.2, 0.25) is 5.75 Å². The van der Waals surface area contributed by atoms with E-state index >= 15 is 0 Å². The molecule has 4 rings (SSSR count). The molecule has 1 heterocycles. The Kier molecular flexibility index (Phi) is 5.98. The van der Waals surface area contributed by atoms with Gasteiger partial charge in [0.1, 0.15) is 0 Å². The number of nitrogens with one attached hydrogen (secondary N) is 1. The molecule has 0 spiro atoms. The van der Waals surface area contributed by atoms with Gasteiger partial charge in [-0.3, -0.25) is 4.79 Å². The number of aryl methyl sites for hydroxylation is 1. The van der Waals surface area contributed by atoms with E-state index in [0.29, 0.717) is 22.8 Å². The van der Waals surface area contributed by atoms with E-state index in [2.05, 4.69) is 52.3 Å². The lowest BCUT2D eigenvalue weighted by atomic mass is 10.1. The van der Waals surface area contributed by atoms with Crippen molar-refractivity contribution in [3.63, 3.8) is 0 Å². The SMILES string of the molecule is CCn1c2ccccc2c2cc(/C=N/NC(=O)c3cc(OC)c(OC)c(OC)c3)ccc21. The van der Waals surface area contributed by atoms with Crippen LogP contribution in [0.15, 0.2) is 59.7 Å². The van der Waals surface area contributed by atoms with Crippen molar-refractivity contribution >= 4 is 33.9 Å². The lowest BCUT2D eigenvalue weighted by Gasteiger charge is -2.13. The zero-order valence-electron chi connectivity index (χ0n) is 18.5. The molecule has 0 fully saturated rings. The lowest BCUT2D eigenvalue weighted by molar-refractivity contribution is 0.0954. The van der Waals surface area contributed by atoms with E-state index in [1.54, 1.807) is 18.3 Å². The molecule has 0 atom stereocenters. The number of amides is 1. The lowest BCUT2D eigenvalue weighted by Crippen LogP contribution is -2.18. The smallest absolute Gasteiger partial charge is 0.271 e. The summed E-state index contributed by atoms with van der Waals surface area (Å²) in [7, 11) is 4.52. The van der Waals surface area contributed by atoms with E-state index < -0.39 is 0 Å². The van der Waals surface area contributed by atoms with Crippen molar-refractivity contribution in [2.24, 2.45) is 5.10 Å². The Morgan fingerprint density at radius 3 is 2.28 bits per heavy atom. The Balaban J connectivity index is 1.59. The number of ether oxygens (including phenoxy) is 3. The van der Waals surface area contributed by atoms with Crippen LogP contribution in [0.2, 0.25) is 0 Å². The zero-order valence-corrected chi connectivity index (χ0v) is 18.5. The van der Waals surface area contributed by atoms with Gasteiger partial charge in [-0.25, -0.2) is 5.43 Å². The molecule has 1 amide bonds. The Hall–Kier alpha value is -4.00. The minimum Gasteiger partial charge on any atom is -0.493 e. The summed E-state index contributed by atoms with van der Waals surface area (Å²) in [5.74, 6) is 0.844. The molecule has 1 aromatic heterocycles. The molecule has 0 aliphatic carbocycles. The summed E-state index contributed by atoms with van der Waals surface area (Å²) < 4.78 is 18.2. The van der Waals surface area contributed by atoms with E-state index in [4.69, 9.17) is 14.2 Å². The van der Waals surface area contributed by atoms with Gasteiger partial charge in [-0.05, 0) is 42.8 Å². The van der Waals surface area contributed by atoms with Crippen molar-refractivity contribution in [2.75, 3.05) is 21.3 Å². The van der Waals surface area contributed by atoms with Gasteiger partial charge in [0.25, 0.3) is 5.91 Å². The monoisotopic (exact) mass is 431 g/mol. The molecule has 0 radical (unpaired) electrons. The van der Waals surface area contributed by atoms with E-state index in [1.165, 1.54) is 37.7 Å². The molecule has 0 unspecified atom stereocenters. The third-order valence-corrected chi connectivity index (χ3v) is 5.42. The van der Waals surface area contributed by atoms with Crippen molar-refractivity contribution in [3.8, 4) is 17.2 Å². The largest absolute Gasteiger partial charge is 0.493 e. The van der Waals surface area contributed by atoms with Crippen molar-refractivity contribution in [2.45, 2.75) is 13.5 Å². The molecule has 7 heteroatoms. The molecule has 0 bridgehead atoms. The van der Waals surface area contributed by atoms with Crippen molar-refractivity contribution in [1.29, 1.82) is 0 Å². The number of hydrazone groups is 1. The molecule has 32 heavy (non-hydrogen) atoms. The number of hydrogen-bond donors (Lipinski definition) is 1. The highest BCUT2D eigenvalue weighted by Gasteiger charge is 2.16. The van der Waals surface area contributed by atoms with Crippen LogP contribution in [0.1, 0.15) is 22.8 Å². The topological polar surface area (TPSA) is 74.1 Å². The first kappa shape index (κ1) is 21.2. The second kappa shape index (κ2) is 9.01. The second-order valence-electron chi connectivity index (χ2n) is 7.15. The fourth-order valence-electron chi connectivity index (χ4n) is 3.93. The normalized spacial score (nSPS) is 11.2. The summed E-state index contributed by atoms with van der Waals surface area (Å²) in [5, 5.41) is 6.49. The van der Waals surface area contributed by atoms with Gasteiger partial charge in [0, 0.05) is 33.9 Å². The van der Waals surface area contributed by atoms with Crippen molar-refractivity contribution < 1.29 is 19.0 Å². The van der Waals surface area contributed by atoms with Gasteiger partial charge in [-0.15, -0.1) is 0 Å². The fraction of sp³-hybridized carbons (Fsp3) is 0.200. The summed E-state index contributed by atoms with van der Waals surface area (Å²) in [6.45, 7) is 3.03. The van der Waals surface area contributed by atoms with Crippen molar-refractivity contribution in [3.05, 3.63) is 65.7 Å². The molecule has 7 nitrogen and oxygen atoms in total. The Morgan fingerprint density at radius 2 is 1.62 bits per heavy atom. The van der Waals surface area contributed by atoms with Crippen LogP contribution in [-0.2, 0) is 6.54 Å². The number of hydrogen-bond acceptors (Lipinski definition) is 5. The average Bonchev–Trinajstić information content (AvgIpc) is 3.15. The number of fused-ring (bicyclic) bond motifs is 3. The number of carbonyl (C=O) groups excluding carboxylic acids is 1. The van der Waals surface area contributed by atoms with E-state index in [0.717, 1.165) is 17.5 Å². The van der Waals surface area contributed by atoms with Crippen molar-refractivity contribution in [1.82, 2.24) is 9.99 Å². The molecule has 0 saturated heterocycles. The van der Waals surface area contributed by atoms with Gasteiger partial charge in [0.15, 0.2) is 11.5 Å². The minimum absolute atomic E-state index is 0.345. The highest BCUT2D eigenvalue weighted by atomic mass is 16.5. The van der Waals surface area contributed by atoms with Crippen LogP contribution >= 0.6 is 0 Å². The first-order valence-corrected chi connectivity index (χ1v) is 10.3.